The molecular weight excluding hydrogens is 374 g/mol. The number of para-hydroxylation sites is 1. The van der Waals surface area contributed by atoms with E-state index in [2.05, 4.69) is 15.9 Å². The van der Waals surface area contributed by atoms with Crippen LogP contribution in [0.25, 0.3) is 11.1 Å². The maximum atomic E-state index is 13.2. The fraction of sp³-hybridized carbons (Fsp3) is 0. The van der Waals surface area contributed by atoms with Gasteiger partial charge in [0.2, 0.25) is 0 Å². The average Bonchev–Trinajstić information content (AvgIpc) is 2.56. The van der Waals surface area contributed by atoms with Crippen molar-refractivity contribution in [1.82, 2.24) is 0 Å². The molecule has 0 fully saturated rings. The van der Waals surface area contributed by atoms with Crippen LogP contribution in [0, 0.1) is 0 Å². The Labute approximate surface area is 143 Å². The monoisotopic (exact) mass is 385 g/mol. The van der Waals surface area contributed by atoms with E-state index in [1.54, 1.807) is 24.3 Å². The van der Waals surface area contributed by atoms with Crippen molar-refractivity contribution in [3.8, 4) is 11.1 Å². The van der Waals surface area contributed by atoms with Crippen molar-refractivity contribution in [2.75, 3.05) is 4.31 Å². The van der Waals surface area contributed by atoms with Crippen molar-refractivity contribution in [3.05, 3.63) is 77.3 Å². The Morgan fingerprint density at radius 2 is 1.48 bits per heavy atom. The molecule has 1 aliphatic rings. The summed E-state index contributed by atoms with van der Waals surface area (Å²) in [4.78, 5) is 0.328. The molecule has 3 nitrogen and oxygen atoms in total. The van der Waals surface area contributed by atoms with Crippen LogP contribution in [0.2, 0.25) is 0 Å². The van der Waals surface area contributed by atoms with Crippen LogP contribution in [0.15, 0.2) is 82.2 Å². The first-order valence-corrected chi connectivity index (χ1v) is 9.32. The minimum absolute atomic E-state index is 0.328. The summed E-state index contributed by atoms with van der Waals surface area (Å²) in [6.45, 7) is 0. The Kier molecular flexibility index (Phi) is 3.28. The summed E-state index contributed by atoms with van der Waals surface area (Å²) in [5.74, 6) is 0. The number of nitrogens with zero attached hydrogens (tertiary/aromatic N) is 1. The normalized spacial score (nSPS) is 14.9. The fourth-order valence-electron chi connectivity index (χ4n) is 2.88. The summed E-state index contributed by atoms with van der Waals surface area (Å²) < 4.78 is 28.7. The van der Waals surface area contributed by atoms with Crippen LogP contribution in [-0.4, -0.2) is 8.42 Å². The van der Waals surface area contributed by atoms with E-state index in [1.165, 1.54) is 4.31 Å². The number of fused-ring (bicyclic) bond motifs is 3. The molecule has 5 heteroatoms. The largest absolute Gasteiger partial charge is 0.269 e. The van der Waals surface area contributed by atoms with Gasteiger partial charge in [-0.15, -0.1) is 0 Å². The first-order chi connectivity index (χ1) is 11.1. The lowest BCUT2D eigenvalue weighted by Gasteiger charge is -2.32. The zero-order valence-corrected chi connectivity index (χ0v) is 14.4. The van der Waals surface area contributed by atoms with Gasteiger partial charge in [-0.2, -0.15) is 0 Å². The predicted molar refractivity (Wildman–Crippen MR) is 95.3 cm³/mol. The van der Waals surface area contributed by atoms with Crippen LogP contribution >= 0.6 is 15.9 Å². The first-order valence-electron chi connectivity index (χ1n) is 7.08. The maximum Gasteiger partial charge on any atom is 0.269 e. The smallest absolute Gasteiger partial charge is 0.234 e. The summed E-state index contributed by atoms with van der Waals surface area (Å²) in [5, 5.41) is 0. The molecule has 1 aliphatic heterocycles. The van der Waals surface area contributed by atoms with Gasteiger partial charge in [0, 0.05) is 15.6 Å². The van der Waals surface area contributed by atoms with Gasteiger partial charge in [-0.1, -0.05) is 52.3 Å². The Hall–Kier alpha value is -2.11. The topological polar surface area (TPSA) is 37.4 Å². The van der Waals surface area contributed by atoms with Crippen LogP contribution in [0.3, 0.4) is 0 Å². The molecule has 0 radical (unpaired) electrons. The zero-order chi connectivity index (χ0) is 16.0. The lowest BCUT2D eigenvalue weighted by molar-refractivity contribution is 0.596. The van der Waals surface area contributed by atoms with E-state index in [9.17, 15) is 8.42 Å². The summed E-state index contributed by atoms with van der Waals surface area (Å²) in [7, 11) is -3.64. The number of benzene rings is 3. The van der Waals surface area contributed by atoms with Gasteiger partial charge in [0.25, 0.3) is 10.0 Å². The van der Waals surface area contributed by atoms with Crippen LogP contribution in [0.4, 0.5) is 11.4 Å². The van der Waals surface area contributed by atoms with E-state index in [4.69, 9.17) is 0 Å². The third kappa shape index (κ3) is 2.19. The molecule has 114 valence electrons. The van der Waals surface area contributed by atoms with Gasteiger partial charge in [0.05, 0.1) is 16.3 Å². The van der Waals surface area contributed by atoms with Crippen LogP contribution in [0.5, 0.6) is 0 Å². The molecule has 0 aliphatic carbocycles. The molecule has 0 spiro atoms. The molecule has 4 rings (SSSR count). The van der Waals surface area contributed by atoms with E-state index in [1.807, 2.05) is 48.5 Å². The van der Waals surface area contributed by atoms with E-state index < -0.39 is 10.0 Å². The van der Waals surface area contributed by atoms with Gasteiger partial charge < -0.3 is 0 Å². The quantitative estimate of drug-likeness (QED) is 0.593. The molecule has 0 atom stereocenters. The number of hydrogen-bond donors (Lipinski definition) is 0. The van der Waals surface area contributed by atoms with Crippen molar-refractivity contribution in [1.29, 1.82) is 0 Å². The van der Waals surface area contributed by atoms with Crippen molar-refractivity contribution < 1.29 is 8.42 Å². The Morgan fingerprint density at radius 1 is 0.783 bits per heavy atom. The van der Waals surface area contributed by atoms with Gasteiger partial charge in [0.15, 0.2) is 0 Å². The predicted octanol–water partition coefficient (Wildman–Crippen LogP) is 4.96. The van der Waals surface area contributed by atoms with E-state index in [0.717, 1.165) is 15.6 Å². The van der Waals surface area contributed by atoms with Crippen LogP contribution in [-0.2, 0) is 10.0 Å². The first kappa shape index (κ1) is 14.5. The van der Waals surface area contributed by atoms with Crippen molar-refractivity contribution >= 4 is 37.3 Å². The summed E-state index contributed by atoms with van der Waals surface area (Å²) in [6.07, 6.45) is 0. The van der Waals surface area contributed by atoms with Crippen LogP contribution in [0.1, 0.15) is 0 Å². The minimum atomic E-state index is -3.64. The molecule has 3 aromatic carbocycles. The fourth-order valence-corrected chi connectivity index (χ4v) is 4.97. The molecule has 1 heterocycles. The Morgan fingerprint density at radius 3 is 2.26 bits per heavy atom. The number of rotatable bonds is 1. The SMILES string of the molecule is O=S1(=O)c2ccccc2-c2cc(Br)ccc2N1c1ccccc1. The van der Waals surface area contributed by atoms with Gasteiger partial charge in [0.1, 0.15) is 0 Å². The zero-order valence-electron chi connectivity index (χ0n) is 12.0. The molecule has 23 heavy (non-hydrogen) atoms. The third-order valence-corrected chi connectivity index (χ3v) is 6.16. The van der Waals surface area contributed by atoms with E-state index in [-0.39, 0.29) is 0 Å². The number of anilines is 2. The van der Waals surface area contributed by atoms with Crippen LogP contribution < -0.4 is 4.31 Å². The van der Waals surface area contributed by atoms with Gasteiger partial charge in [-0.05, 0) is 36.4 Å². The second-order valence-electron chi connectivity index (χ2n) is 5.26. The van der Waals surface area contributed by atoms with Crippen molar-refractivity contribution in [2.45, 2.75) is 4.90 Å². The van der Waals surface area contributed by atoms with E-state index in [0.29, 0.717) is 16.3 Å². The highest BCUT2D eigenvalue weighted by Crippen LogP contribution is 2.47. The van der Waals surface area contributed by atoms with Crippen molar-refractivity contribution in [2.24, 2.45) is 0 Å². The molecule has 0 amide bonds. The second kappa shape index (κ2) is 5.22. The highest BCUT2D eigenvalue weighted by Gasteiger charge is 2.35. The minimum Gasteiger partial charge on any atom is -0.234 e. The molecule has 0 saturated heterocycles. The van der Waals surface area contributed by atoms with Gasteiger partial charge >= 0.3 is 0 Å². The summed E-state index contributed by atoms with van der Waals surface area (Å²) >= 11 is 3.48. The average molecular weight is 386 g/mol. The molecule has 3 aromatic rings. The number of sulfonamides is 1. The molecular formula is C18H12BrNO2S. The summed E-state index contributed by atoms with van der Waals surface area (Å²) in [5.41, 5.74) is 2.92. The maximum absolute atomic E-state index is 13.2. The number of hydrogen-bond acceptors (Lipinski definition) is 2. The second-order valence-corrected chi connectivity index (χ2v) is 7.93. The Balaban J connectivity index is 2.10. The third-order valence-electron chi connectivity index (χ3n) is 3.86. The molecule has 0 bridgehead atoms. The van der Waals surface area contributed by atoms with Gasteiger partial charge in [-0.25, -0.2) is 12.7 Å². The van der Waals surface area contributed by atoms with Crippen molar-refractivity contribution in [3.63, 3.8) is 0 Å². The lowest BCUT2D eigenvalue weighted by atomic mass is 10.0. The lowest BCUT2D eigenvalue weighted by Crippen LogP contribution is -2.30. The highest BCUT2D eigenvalue weighted by atomic mass is 79.9. The molecule has 0 aromatic heterocycles. The van der Waals surface area contributed by atoms with Gasteiger partial charge in [-0.3, -0.25) is 0 Å². The Bertz CT molecular complexity index is 1000. The molecule has 0 saturated carbocycles. The molecule has 0 unspecified atom stereocenters. The number of halogens is 1. The summed E-state index contributed by atoms with van der Waals surface area (Å²) in [6, 6.07) is 21.9. The van der Waals surface area contributed by atoms with E-state index >= 15 is 0 Å². The standard InChI is InChI=1S/C18H12BrNO2S/c19-13-10-11-17-16(12-13)15-8-4-5-9-18(15)23(21,22)20(17)14-6-2-1-3-7-14/h1-12H. The highest BCUT2D eigenvalue weighted by molar-refractivity contribution is 9.10. The molecule has 0 N–H and O–H groups in total.